The minimum absolute atomic E-state index is 0. The first-order valence-electron chi connectivity index (χ1n) is 5.56. The van der Waals surface area contributed by atoms with Crippen LogP contribution in [0.5, 0.6) is 0 Å². The van der Waals surface area contributed by atoms with Crippen molar-refractivity contribution in [2.24, 2.45) is 0 Å². The van der Waals surface area contributed by atoms with E-state index in [0.717, 1.165) is 6.42 Å². The van der Waals surface area contributed by atoms with Gasteiger partial charge in [-0.15, -0.1) is 0 Å². The summed E-state index contributed by atoms with van der Waals surface area (Å²) in [5.41, 5.74) is 0. The van der Waals surface area contributed by atoms with Crippen molar-refractivity contribution in [1.82, 2.24) is 0 Å². The van der Waals surface area contributed by atoms with Crippen LogP contribution >= 0.6 is 0 Å². The molecule has 1 aromatic carbocycles. The quantitative estimate of drug-likeness (QED) is 0.498. The van der Waals surface area contributed by atoms with Gasteiger partial charge in [-0.05, 0) is 0 Å². The fourth-order valence-corrected chi connectivity index (χ4v) is 0.321. The third kappa shape index (κ3) is 146. The normalized spacial score (nSPS) is 6.22. The molecule has 0 unspecified atom stereocenters. The monoisotopic (exact) mass is 288 g/mol. The van der Waals surface area contributed by atoms with Gasteiger partial charge in [-0.25, -0.2) is 12.1 Å². The van der Waals surface area contributed by atoms with Gasteiger partial charge in [-0.2, -0.15) is 66.9 Å². The van der Waals surface area contributed by atoms with E-state index in [1.54, 1.807) is 42.3 Å². The first-order chi connectivity index (χ1) is 8.16. The second-order valence-electron chi connectivity index (χ2n) is 2.80. The number of rotatable bonds is 0. The Kier molecular flexibility index (Phi) is 92.0. The Morgan fingerprint density at radius 2 is 1.00 bits per heavy atom. The third-order valence-corrected chi connectivity index (χ3v) is 0.556. The van der Waals surface area contributed by atoms with Crippen LogP contribution in [-0.4, -0.2) is 42.3 Å². The SMILES string of the molecule is C[N-]C.C[N-]C.C[N-]C.[CH2-]CC.[Ti].c1cc[cH-]c1. The Morgan fingerprint density at radius 1 is 0.833 bits per heavy atom. The third-order valence-electron chi connectivity index (χ3n) is 0.556. The standard InChI is InChI=1S/C5H5.C3H7.3C2H6N.Ti/c1-2-4-5-3-1;4*1-3-2;/h1-5H;1,3H2,2H3;3*1-2H3;/q5*-1;. The molecule has 1 aromatic rings. The molecule has 0 radical (unpaired) electrons. The first-order valence-corrected chi connectivity index (χ1v) is 5.56. The fraction of sp³-hybridized carbons (Fsp3) is 0.571. The summed E-state index contributed by atoms with van der Waals surface area (Å²) in [7, 11) is 10.5. The van der Waals surface area contributed by atoms with Gasteiger partial charge in [-0.1, -0.05) is 6.92 Å². The van der Waals surface area contributed by atoms with Gasteiger partial charge in [0.05, 0.1) is 0 Å². The molecule has 0 aliphatic rings. The summed E-state index contributed by atoms with van der Waals surface area (Å²) in [5.74, 6) is 0. The van der Waals surface area contributed by atoms with E-state index >= 15 is 0 Å². The molecule has 1 rings (SSSR count). The molecule has 0 saturated carbocycles. The van der Waals surface area contributed by atoms with Crippen LogP contribution in [0.25, 0.3) is 16.0 Å². The Balaban J connectivity index is -0.0000000398. The Morgan fingerprint density at radius 3 is 1.06 bits per heavy atom. The molecule has 0 fully saturated rings. The van der Waals surface area contributed by atoms with Crippen molar-refractivity contribution in [1.29, 1.82) is 0 Å². The van der Waals surface area contributed by atoms with Gasteiger partial charge >= 0.3 is 0 Å². The predicted molar refractivity (Wildman–Crippen MR) is 83.3 cm³/mol. The van der Waals surface area contributed by atoms with Crippen LogP contribution in [-0.2, 0) is 21.7 Å². The molecule has 0 aliphatic heterocycles. The van der Waals surface area contributed by atoms with Gasteiger partial charge in [0.15, 0.2) is 0 Å². The van der Waals surface area contributed by atoms with Gasteiger partial charge in [0, 0.05) is 21.7 Å². The van der Waals surface area contributed by atoms with E-state index in [1.807, 2.05) is 37.3 Å². The smallest absolute Gasteiger partial charge is 0 e. The van der Waals surface area contributed by atoms with E-state index in [0.29, 0.717) is 0 Å². The van der Waals surface area contributed by atoms with Crippen LogP contribution in [0.2, 0.25) is 0 Å². The van der Waals surface area contributed by atoms with Crippen LogP contribution in [0.1, 0.15) is 13.3 Å². The molecule has 0 amide bonds. The van der Waals surface area contributed by atoms with Crippen LogP contribution in [0.4, 0.5) is 0 Å². The topological polar surface area (TPSA) is 42.3 Å². The minimum atomic E-state index is 0. The number of hydrogen-bond acceptors (Lipinski definition) is 0. The molecule has 18 heavy (non-hydrogen) atoms. The zero-order chi connectivity index (χ0) is 14.4. The van der Waals surface area contributed by atoms with E-state index in [-0.39, 0.29) is 21.7 Å². The van der Waals surface area contributed by atoms with Crippen LogP contribution in [0.3, 0.4) is 0 Å². The molecule has 0 spiro atoms. The van der Waals surface area contributed by atoms with Gasteiger partial charge in [0.25, 0.3) is 0 Å². The molecular formula is C14H30N3Ti-5. The van der Waals surface area contributed by atoms with Crippen molar-refractivity contribution in [3.63, 3.8) is 0 Å². The van der Waals surface area contributed by atoms with Crippen LogP contribution in [0.15, 0.2) is 30.3 Å². The Bertz CT molecular complexity index is 108. The summed E-state index contributed by atoms with van der Waals surface area (Å²) in [6.07, 6.45) is 1.00. The predicted octanol–water partition coefficient (Wildman–Crippen LogP) is 4.49. The van der Waals surface area contributed by atoms with Crippen molar-refractivity contribution in [2.75, 3.05) is 42.3 Å². The Labute approximate surface area is 130 Å². The van der Waals surface area contributed by atoms with Gasteiger partial charge in [0.2, 0.25) is 0 Å². The summed E-state index contributed by atoms with van der Waals surface area (Å²) in [6, 6.07) is 10.0. The van der Waals surface area contributed by atoms with Crippen LogP contribution < -0.4 is 0 Å². The summed E-state index contributed by atoms with van der Waals surface area (Å²) in [5, 5.41) is 10.5. The summed E-state index contributed by atoms with van der Waals surface area (Å²) >= 11 is 0. The second-order valence-corrected chi connectivity index (χ2v) is 2.80. The largest absolute Gasteiger partial charge is 0.668 e. The molecule has 0 atom stereocenters. The van der Waals surface area contributed by atoms with E-state index < -0.39 is 0 Å². The van der Waals surface area contributed by atoms with Crippen molar-refractivity contribution in [2.45, 2.75) is 13.3 Å². The van der Waals surface area contributed by atoms with Gasteiger partial charge in [0.1, 0.15) is 0 Å². The maximum atomic E-state index is 3.50. The number of nitrogens with zero attached hydrogens (tertiary/aromatic N) is 3. The summed E-state index contributed by atoms with van der Waals surface area (Å²) in [4.78, 5) is 0. The molecule has 0 heterocycles. The van der Waals surface area contributed by atoms with Gasteiger partial charge < -0.3 is 22.9 Å². The molecule has 0 bridgehead atoms. The minimum Gasteiger partial charge on any atom is -0.668 e. The second kappa shape index (κ2) is 53.8. The van der Waals surface area contributed by atoms with Gasteiger partial charge in [-0.3, -0.25) is 0 Å². The molecule has 110 valence electrons. The number of hydrogen-bond donors (Lipinski definition) is 0. The molecular weight excluding hydrogens is 258 g/mol. The summed E-state index contributed by atoms with van der Waals surface area (Å²) < 4.78 is 0. The van der Waals surface area contributed by atoms with E-state index in [4.69, 9.17) is 0 Å². The first kappa shape index (κ1) is 30.7. The van der Waals surface area contributed by atoms with E-state index in [1.165, 1.54) is 0 Å². The van der Waals surface area contributed by atoms with Crippen molar-refractivity contribution < 1.29 is 21.7 Å². The van der Waals surface area contributed by atoms with Crippen molar-refractivity contribution in [3.8, 4) is 0 Å². The molecule has 0 N–H and O–H groups in total. The van der Waals surface area contributed by atoms with Crippen molar-refractivity contribution in [3.05, 3.63) is 53.2 Å². The molecule has 0 saturated heterocycles. The molecule has 3 nitrogen and oxygen atoms in total. The molecule has 0 aromatic heterocycles. The van der Waals surface area contributed by atoms with E-state index in [9.17, 15) is 0 Å². The Hall–Kier alpha value is -0.0557. The zero-order valence-corrected chi connectivity index (χ0v) is 14.7. The summed E-state index contributed by atoms with van der Waals surface area (Å²) in [6.45, 7) is 5.50. The van der Waals surface area contributed by atoms with Crippen LogP contribution in [0, 0.1) is 6.92 Å². The van der Waals surface area contributed by atoms with E-state index in [2.05, 4.69) is 22.9 Å². The average molecular weight is 288 g/mol. The molecule has 4 heteroatoms. The maximum absolute atomic E-state index is 3.50. The maximum Gasteiger partial charge on any atom is 0 e. The zero-order valence-electron chi connectivity index (χ0n) is 13.1. The molecule has 0 aliphatic carbocycles. The van der Waals surface area contributed by atoms with Crippen molar-refractivity contribution >= 4 is 0 Å². The average Bonchev–Trinajstić information content (AvgIpc) is 2.79. The fourth-order valence-electron chi connectivity index (χ4n) is 0.321.